The van der Waals surface area contributed by atoms with Gasteiger partial charge in [0, 0.05) is 12.1 Å². The predicted molar refractivity (Wildman–Crippen MR) is 68.4 cm³/mol. The van der Waals surface area contributed by atoms with Crippen molar-refractivity contribution in [2.24, 2.45) is 0 Å². The molecule has 17 heavy (non-hydrogen) atoms. The maximum atomic E-state index is 10.0. The van der Waals surface area contributed by atoms with Gasteiger partial charge in [-0.25, -0.2) is 0 Å². The summed E-state index contributed by atoms with van der Waals surface area (Å²) in [5, 5.41) is 22.3. The number of aliphatic hydroxyl groups is 1. The minimum atomic E-state index is -0.825. The Hall–Kier alpha value is -1.37. The zero-order valence-corrected chi connectivity index (χ0v) is 10.9. The average molecular weight is 232 g/mol. The number of benzene rings is 1. The molecule has 1 aromatic carbocycles. The average Bonchev–Trinajstić information content (AvgIpc) is 2.25. The molecule has 0 aliphatic heterocycles. The summed E-state index contributed by atoms with van der Waals surface area (Å²) >= 11 is 0. The first kappa shape index (κ1) is 13.7. The summed E-state index contributed by atoms with van der Waals surface area (Å²) in [6.45, 7) is 8.01. The highest BCUT2D eigenvalue weighted by Crippen LogP contribution is 2.21. The molecule has 0 saturated carbocycles. The molecule has 0 bridgehead atoms. The maximum Gasteiger partial charge on any atom is 0.0995 e. The van der Waals surface area contributed by atoms with Crippen molar-refractivity contribution in [3.8, 4) is 6.07 Å². The van der Waals surface area contributed by atoms with E-state index >= 15 is 0 Å². The fraction of sp³-hybridized carbons (Fsp3) is 0.500. The lowest BCUT2D eigenvalue weighted by Crippen LogP contribution is -2.55. The molecule has 0 heterocycles. The smallest absolute Gasteiger partial charge is 0.0995 e. The van der Waals surface area contributed by atoms with Gasteiger partial charge >= 0.3 is 0 Å². The zero-order valence-electron chi connectivity index (χ0n) is 10.9. The summed E-state index contributed by atoms with van der Waals surface area (Å²) in [6.07, 6.45) is 0. The topological polar surface area (TPSA) is 56.0 Å². The molecule has 3 nitrogen and oxygen atoms in total. The van der Waals surface area contributed by atoms with Crippen molar-refractivity contribution in [1.29, 1.82) is 5.26 Å². The standard InChI is InChI=1S/C14H20N2O/c1-13(2,14(3,4)17)16-10-12-8-6-5-7-11(12)9-15/h5-8,16-17H,10H2,1-4H3. The van der Waals surface area contributed by atoms with Crippen molar-refractivity contribution in [2.75, 3.05) is 0 Å². The van der Waals surface area contributed by atoms with Gasteiger partial charge in [-0.05, 0) is 39.3 Å². The Morgan fingerprint density at radius 3 is 2.35 bits per heavy atom. The number of rotatable bonds is 4. The van der Waals surface area contributed by atoms with E-state index in [1.165, 1.54) is 0 Å². The zero-order chi connectivity index (χ0) is 13.1. The molecule has 0 fully saturated rings. The Labute approximate surface area is 103 Å². The van der Waals surface area contributed by atoms with Gasteiger partial charge in [0.1, 0.15) is 0 Å². The van der Waals surface area contributed by atoms with E-state index in [1.54, 1.807) is 19.9 Å². The SMILES string of the molecule is CC(C)(O)C(C)(C)NCc1ccccc1C#N. The molecule has 2 N–H and O–H groups in total. The molecule has 0 aliphatic rings. The van der Waals surface area contributed by atoms with Gasteiger partial charge in [-0.1, -0.05) is 18.2 Å². The quantitative estimate of drug-likeness (QED) is 0.836. The molecular formula is C14H20N2O. The first-order valence-corrected chi connectivity index (χ1v) is 5.73. The van der Waals surface area contributed by atoms with E-state index in [0.29, 0.717) is 12.1 Å². The van der Waals surface area contributed by atoms with Gasteiger partial charge < -0.3 is 10.4 Å². The summed E-state index contributed by atoms with van der Waals surface area (Å²) in [5.74, 6) is 0. The Morgan fingerprint density at radius 1 is 1.24 bits per heavy atom. The molecule has 3 heteroatoms. The maximum absolute atomic E-state index is 10.0. The lowest BCUT2D eigenvalue weighted by atomic mass is 9.86. The Morgan fingerprint density at radius 2 is 1.82 bits per heavy atom. The van der Waals surface area contributed by atoms with Crippen LogP contribution in [-0.4, -0.2) is 16.2 Å². The highest BCUT2D eigenvalue weighted by molar-refractivity contribution is 5.37. The molecular weight excluding hydrogens is 212 g/mol. The molecule has 1 aromatic rings. The van der Waals surface area contributed by atoms with Crippen molar-refractivity contribution in [3.05, 3.63) is 35.4 Å². The van der Waals surface area contributed by atoms with E-state index in [4.69, 9.17) is 5.26 Å². The fourth-order valence-electron chi connectivity index (χ4n) is 1.32. The summed E-state index contributed by atoms with van der Waals surface area (Å²) < 4.78 is 0. The second-order valence-corrected chi connectivity index (χ2v) is 5.31. The van der Waals surface area contributed by atoms with E-state index in [-0.39, 0.29) is 0 Å². The number of nitriles is 1. The van der Waals surface area contributed by atoms with Crippen LogP contribution in [0.25, 0.3) is 0 Å². The largest absolute Gasteiger partial charge is 0.389 e. The second-order valence-electron chi connectivity index (χ2n) is 5.31. The van der Waals surface area contributed by atoms with Gasteiger partial charge in [-0.2, -0.15) is 5.26 Å². The van der Waals surface area contributed by atoms with Crippen LogP contribution in [0.3, 0.4) is 0 Å². The van der Waals surface area contributed by atoms with Gasteiger partial charge in [0.2, 0.25) is 0 Å². The van der Waals surface area contributed by atoms with Crippen LogP contribution in [0, 0.1) is 11.3 Å². The minimum absolute atomic E-state index is 0.421. The summed E-state index contributed by atoms with van der Waals surface area (Å²) in [5.41, 5.74) is 0.378. The lowest BCUT2D eigenvalue weighted by molar-refractivity contribution is -0.00532. The van der Waals surface area contributed by atoms with Crippen LogP contribution in [-0.2, 0) is 6.54 Å². The van der Waals surface area contributed by atoms with Crippen LogP contribution in [0.15, 0.2) is 24.3 Å². The van der Waals surface area contributed by atoms with Crippen LogP contribution in [0.1, 0.15) is 38.8 Å². The first-order valence-electron chi connectivity index (χ1n) is 5.73. The molecule has 0 radical (unpaired) electrons. The molecule has 92 valence electrons. The summed E-state index contributed by atoms with van der Waals surface area (Å²) in [7, 11) is 0. The van der Waals surface area contributed by atoms with E-state index in [9.17, 15) is 5.11 Å². The molecule has 0 atom stereocenters. The summed E-state index contributed by atoms with van der Waals surface area (Å²) in [4.78, 5) is 0. The van der Waals surface area contributed by atoms with Crippen molar-refractivity contribution >= 4 is 0 Å². The van der Waals surface area contributed by atoms with E-state index in [2.05, 4.69) is 11.4 Å². The van der Waals surface area contributed by atoms with E-state index in [1.807, 2.05) is 32.0 Å². The van der Waals surface area contributed by atoms with Gasteiger partial charge in [0.05, 0.1) is 17.2 Å². The number of hydrogen-bond acceptors (Lipinski definition) is 3. The number of hydrogen-bond donors (Lipinski definition) is 2. The molecule has 0 unspecified atom stereocenters. The van der Waals surface area contributed by atoms with Gasteiger partial charge in [0.25, 0.3) is 0 Å². The third-order valence-electron chi connectivity index (χ3n) is 3.39. The van der Waals surface area contributed by atoms with Gasteiger partial charge in [-0.15, -0.1) is 0 Å². The lowest BCUT2D eigenvalue weighted by Gasteiger charge is -2.38. The Kier molecular flexibility index (Phi) is 3.92. The number of nitrogens with zero attached hydrogens (tertiary/aromatic N) is 1. The van der Waals surface area contributed by atoms with Crippen LogP contribution in [0.5, 0.6) is 0 Å². The normalized spacial score (nSPS) is 12.2. The van der Waals surface area contributed by atoms with E-state index < -0.39 is 11.1 Å². The molecule has 0 amide bonds. The van der Waals surface area contributed by atoms with Crippen molar-refractivity contribution in [3.63, 3.8) is 0 Å². The van der Waals surface area contributed by atoms with Crippen LogP contribution in [0.4, 0.5) is 0 Å². The highest BCUT2D eigenvalue weighted by atomic mass is 16.3. The van der Waals surface area contributed by atoms with Gasteiger partial charge in [-0.3, -0.25) is 0 Å². The van der Waals surface area contributed by atoms with E-state index in [0.717, 1.165) is 5.56 Å². The molecule has 0 spiro atoms. The third kappa shape index (κ3) is 3.29. The van der Waals surface area contributed by atoms with Crippen LogP contribution in [0.2, 0.25) is 0 Å². The first-order chi connectivity index (χ1) is 7.78. The van der Waals surface area contributed by atoms with Crippen LogP contribution >= 0.6 is 0 Å². The molecule has 0 aromatic heterocycles. The molecule has 1 rings (SSSR count). The second kappa shape index (κ2) is 4.87. The predicted octanol–water partition coefficient (Wildman–Crippen LogP) is 2.20. The Balaban J connectivity index is 2.78. The van der Waals surface area contributed by atoms with Crippen molar-refractivity contribution in [2.45, 2.75) is 45.4 Å². The highest BCUT2D eigenvalue weighted by Gasteiger charge is 2.34. The minimum Gasteiger partial charge on any atom is -0.389 e. The van der Waals surface area contributed by atoms with Crippen molar-refractivity contribution in [1.82, 2.24) is 5.32 Å². The molecule has 0 aliphatic carbocycles. The van der Waals surface area contributed by atoms with Crippen molar-refractivity contribution < 1.29 is 5.11 Å². The van der Waals surface area contributed by atoms with Gasteiger partial charge in [0.15, 0.2) is 0 Å². The Bertz CT molecular complexity index is 425. The monoisotopic (exact) mass is 232 g/mol. The molecule has 0 saturated heterocycles. The number of nitrogens with one attached hydrogen (secondary N) is 1. The summed E-state index contributed by atoms with van der Waals surface area (Å²) in [6, 6.07) is 9.65. The fourth-order valence-corrected chi connectivity index (χ4v) is 1.32. The third-order valence-corrected chi connectivity index (χ3v) is 3.39. The van der Waals surface area contributed by atoms with Crippen LogP contribution < -0.4 is 5.32 Å².